The topological polar surface area (TPSA) is 109 Å². The molecule has 2 aromatic carbocycles. The van der Waals surface area contributed by atoms with Gasteiger partial charge >= 0.3 is 12.2 Å². The second kappa shape index (κ2) is 13.9. The molecular formula is C36H49N5O4. The molecule has 0 bridgehead atoms. The fraction of sp³-hybridized carbons (Fsp3) is 0.472. The van der Waals surface area contributed by atoms with E-state index in [1.807, 2.05) is 85.7 Å². The Morgan fingerprint density at radius 1 is 0.956 bits per heavy atom. The van der Waals surface area contributed by atoms with Crippen LogP contribution in [0.2, 0.25) is 0 Å². The molecule has 1 aliphatic heterocycles. The highest BCUT2D eigenvalue weighted by Gasteiger charge is 2.35. The van der Waals surface area contributed by atoms with Crippen molar-refractivity contribution in [1.82, 2.24) is 4.90 Å². The van der Waals surface area contributed by atoms with Crippen LogP contribution in [-0.2, 0) is 9.47 Å². The van der Waals surface area contributed by atoms with Crippen molar-refractivity contribution >= 4 is 40.6 Å². The molecule has 45 heavy (non-hydrogen) atoms. The number of benzene rings is 2. The highest BCUT2D eigenvalue weighted by Crippen LogP contribution is 2.45. The van der Waals surface area contributed by atoms with Gasteiger partial charge < -0.3 is 20.1 Å². The van der Waals surface area contributed by atoms with Crippen LogP contribution in [0.1, 0.15) is 79.7 Å². The number of aryl methyl sites for hydroxylation is 1. The van der Waals surface area contributed by atoms with Crippen LogP contribution in [0.3, 0.4) is 0 Å². The molecule has 0 saturated heterocycles. The molecule has 0 radical (unpaired) electrons. The SMILES string of the molecule is CC1=CC2=Nc3cc(C)c(NC(=O)OC(C)(C)C)cc3N(c3ccccc3)C2C=C1N(CCCCCCN)C(=O)OC(C)(C)C. The van der Waals surface area contributed by atoms with Gasteiger partial charge in [-0.1, -0.05) is 31.0 Å². The van der Waals surface area contributed by atoms with E-state index in [1.165, 1.54) is 0 Å². The van der Waals surface area contributed by atoms with Crippen molar-refractivity contribution < 1.29 is 19.1 Å². The molecule has 0 aromatic heterocycles. The van der Waals surface area contributed by atoms with Crippen molar-refractivity contribution in [3.63, 3.8) is 0 Å². The summed E-state index contributed by atoms with van der Waals surface area (Å²) in [7, 11) is 0. The quantitative estimate of drug-likeness (QED) is 0.274. The third kappa shape index (κ3) is 8.75. The lowest BCUT2D eigenvalue weighted by atomic mass is 9.93. The number of ether oxygens (including phenoxy) is 2. The number of nitrogens with one attached hydrogen (secondary N) is 1. The Bertz CT molecular complexity index is 1480. The molecule has 1 atom stereocenters. The zero-order chi connectivity index (χ0) is 32.9. The average molecular weight is 616 g/mol. The minimum Gasteiger partial charge on any atom is -0.444 e. The summed E-state index contributed by atoms with van der Waals surface area (Å²) in [6.45, 7) is 16.3. The first kappa shape index (κ1) is 33.8. The van der Waals surface area contributed by atoms with Crippen molar-refractivity contribution in [2.75, 3.05) is 23.3 Å². The number of aliphatic imine (C=N–C) groups is 1. The second-order valence-electron chi connectivity index (χ2n) is 13.7. The van der Waals surface area contributed by atoms with Gasteiger partial charge in [-0.3, -0.25) is 10.2 Å². The smallest absolute Gasteiger partial charge is 0.414 e. The minimum absolute atomic E-state index is 0.308. The first-order chi connectivity index (χ1) is 21.2. The Hall–Kier alpha value is -4.11. The molecule has 2 aliphatic rings. The molecule has 1 heterocycles. The maximum Gasteiger partial charge on any atom is 0.414 e. The van der Waals surface area contributed by atoms with Crippen molar-refractivity contribution in [2.45, 2.75) is 98.3 Å². The average Bonchev–Trinajstić information content (AvgIpc) is 2.93. The van der Waals surface area contributed by atoms with Crippen LogP contribution in [0.15, 0.2) is 70.9 Å². The standard InChI is InChI=1S/C36H49N5O4/c1-24-20-28-31(22-27(24)39-33(42)44-35(3,4)5)41(26-16-12-11-13-17-26)32-23-30(25(2)21-29(32)38-28)40(19-15-10-9-14-18-37)34(43)45-36(6,7)8/h11-13,16-17,20-23,32H,9-10,14-15,18-19,37H2,1-8H3,(H,39,42). The summed E-state index contributed by atoms with van der Waals surface area (Å²) in [6, 6.07) is 13.7. The number of hydrogen-bond donors (Lipinski definition) is 2. The van der Waals surface area contributed by atoms with Gasteiger partial charge in [-0.2, -0.15) is 0 Å². The molecule has 0 fully saturated rings. The summed E-state index contributed by atoms with van der Waals surface area (Å²) in [5, 5.41) is 2.93. The predicted molar refractivity (Wildman–Crippen MR) is 183 cm³/mol. The summed E-state index contributed by atoms with van der Waals surface area (Å²) < 4.78 is 11.4. The molecule has 9 heteroatoms. The van der Waals surface area contributed by atoms with E-state index in [1.54, 1.807) is 4.90 Å². The Morgan fingerprint density at radius 3 is 2.27 bits per heavy atom. The van der Waals surface area contributed by atoms with E-state index in [2.05, 4.69) is 34.5 Å². The Labute approximate surface area is 268 Å². The maximum atomic E-state index is 13.6. The highest BCUT2D eigenvalue weighted by molar-refractivity contribution is 6.11. The zero-order valence-electron chi connectivity index (χ0n) is 28.1. The van der Waals surface area contributed by atoms with E-state index in [4.69, 9.17) is 20.2 Å². The molecule has 1 unspecified atom stereocenters. The van der Waals surface area contributed by atoms with Gasteiger partial charge in [-0.15, -0.1) is 0 Å². The lowest BCUT2D eigenvalue weighted by molar-refractivity contribution is 0.0313. The summed E-state index contributed by atoms with van der Waals surface area (Å²) in [5.41, 5.74) is 11.1. The zero-order valence-corrected chi connectivity index (χ0v) is 28.1. The summed E-state index contributed by atoms with van der Waals surface area (Å²) in [5.74, 6) is 0. The van der Waals surface area contributed by atoms with Gasteiger partial charge in [-0.05, 0) is 122 Å². The number of carbonyl (C=O) groups is 2. The van der Waals surface area contributed by atoms with Gasteiger partial charge in [0.2, 0.25) is 0 Å². The normalized spacial score (nSPS) is 16.1. The van der Waals surface area contributed by atoms with Gasteiger partial charge in [0, 0.05) is 23.6 Å². The van der Waals surface area contributed by atoms with Crippen molar-refractivity contribution in [2.24, 2.45) is 10.7 Å². The molecule has 2 amide bonds. The van der Waals surface area contributed by atoms with Gasteiger partial charge in [-0.25, -0.2) is 14.6 Å². The number of allylic oxidation sites excluding steroid dienone is 1. The molecule has 4 rings (SSSR count). The number of amides is 2. The predicted octanol–water partition coefficient (Wildman–Crippen LogP) is 8.53. The highest BCUT2D eigenvalue weighted by atomic mass is 16.6. The number of unbranched alkanes of at least 4 members (excludes halogenated alkanes) is 3. The Kier molecular flexibility index (Phi) is 10.4. The van der Waals surface area contributed by atoms with Crippen LogP contribution in [0.4, 0.5) is 32.3 Å². The van der Waals surface area contributed by atoms with E-state index in [9.17, 15) is 9.59 Å². The number of hydrogen-bond acceptors (Lipinski definition) is 7. The number of nitrogens with zero attached hydrogens (tertiary/aromatic N) is 3. The van der Waals surface area contributed by atoms with Gasteiger partial charge in [0.05, 0.1) is 23.1 Å². The van der Waals surface area contributed by atoms with E-state index < -0.39 is 17.3 Å². The first-order valence-electron chi connectivity index (χ1n) is 15.9. The lowest BCUT2D eigenvalue weighted by Gasteiger charge is -2.40. The molecule has 1 aliphatic carbocycles. The Balaban J connectivity index is 1.78. The first-order valence-corrected chi connectivity index (χ1v) is 15.9. The summed E-state index contributed by atoms with van der Waals surface area (Å²) in [6.07, 6.45) is 7.06. The largest absolute Gasteiger partial charge is 0.444 e. The van der Waals surface area contributed by atoms with Crippen LogP contribution in [0.5, 0.6) is 0 Å². The number of fused-ring (bicyclic) bond motifs is 2. The van der Waals surface area contributed by atoms with E-state index in [-0.39, 0.29) is 12.1 Å². The van der Waals surface area contributed by atoms with Crippen LogP contribution in [-0.4, -0.2) is 53.1 Å². The third-order valence-corrected chi connectivity index (χ3v) is 7.41. The van der Waals surface area contributed by atoms with Crippen LogP contribution in [0.25, 0.3) is 0 Å². The van der Waals surface area contributed by atoms with Crippen molar-refractivity contribution in [1.29, 1.82) is 0 Å². The minimum atomic E-state index is -0.635. The fourth-order valence-electron chi connectivity index (χ4n) is 5.44. The van der Waals surface area contributed by atoms with Crippen LogP contribution in [0, 0.1) is 6.92 Å². The second-order valence-corrected chi connectivity index (χ2v) is 13.7. The van der Waals surface area contributed by atoms with Gasteiger partial charge in [0.1, 0.15) is 11.2 Å². The number of nitrogens with two attached hydrogens (primary N) is 1. The molecule has 2 aromatic rings. The number of para-hydroxylation sites is 1. The molecule has 3 N–H and O–H groups in total. The van der Waals surface area contributed by atoms with E-state index >= 15 is 0 Å². The van der Waals surface area contributed by atoms with E-state index in [0.29, 0.717) is 18.8 Å². The van der Waals surface area contributed by atoms with Crippen molar-refractivity contribution in [3.05, 3.63) is 71.5 Å². The maximum absolute atomic E-state index is 13.6. The lowest BCUT2D eigenvalue weighted by Crippen LogP contribution is -2.43. The monoisotopic (exact) mass is 615 g/mol. The van der Waals surface area contributed by atoms with E-state index in [0.717, 1.165) is 65.3 Å². The van der Waals surface area contributed by atoms with Crippen molar-refractivity contribution in [3.8, 4) is 0 Å². The number of anilines is 3. The molecule has 0 saturated carbocycles. The number of rotatable bonds is 9. The summed E-state index contributed by atoms with van der Waals surface area (Å²) >= 11 is 0. The van der Waals surface area contributed by atoms with Gasteiger partial charge in [0.15, 0.2) is 0 Å². The molecular weight excluding hydrogens is 566 g/mol. The van der Waals surface area contributed by atoms with Gasteiger partial charge in [0.25, 0.3) is 0 Å². The molecule has 0 spiro atoms. The summed E-state index contributed by atoms with van der Waals surface area (Å²) in [4.78, 5) is 35.4. The number of carbonyl (C=O) groups excluding carboxylic acids is 2. The molecule has 242 valence electrons. The van der Waals surface area contributed by atoms with Crippen LogP contribution < -0.4 is 16.0 Å². The fourth-order valence-corrected chi connectivity index (χ4v) is 5.44. The van der Waals surface area contributed by atoms with Crippen LogP contribution >= 0.6 is 0 Å². The molecule has 9 nitrogen and oxygen atoms in total. The third-order valence-electron chi connectivity index (χ3n) is 7.41. The Morgan fingerprint density at radius 2 is 1.62 bits per heavy atom.